The molecule has 0 atom stereocenters. The highest BCUT2D eigenvalue weighted by Crippen LogP contribution is 2.50. The van der Waals surface area contributed by atoms with Crippen molar-refractivity contribution in [1.82, 2.24) is 0 Å². The number of carbonyl (C=O) groups is 1. The molecule has 3 rings (SSSR count). The number of esters is 1. The van der Waals surface area contributed by atoms with E-state index in [2.05, 4.69) is 6.08 Å². The van der Waals surface area contributed by atoms with E-state index in [4.69, 9.17) is 4.74 Å². The van der Waals surface area contributed by atoms with E-state index >= 15 is 0 Å². The van der Waals surface area contributed by atoms with E-state index in [-0.39, 0.29) is 5.97 Å². The maximum Gasteiger partial charge on any atom is 0.338 e. The van der Waals surface area contributed by atoms with Crippen molar-refractivity contribution in [2.45, 2.75) is 51.4 Å². The van der Waals surface area contributed by atoms with Crippen molar-refractivity contribution in [2.75, 3.05) is 13.2 Å². The number of rotatable bonds is 2. The summed E-state index contributed by atoms with van der Waals surface area (Å²) in [5, 5.41) is 9.24. The number of ether oxygens (including phenoxy) is 1. The fourth-order valence-corrected chi connectivity index (χ4v) is 3.93. The Kier molecular flexibility index (Phi) is 3.97. The zero-order chi connectivity index (χ0) is 14.0. The van der Waals surface area contributed by atoms with Crippen LogP contribution in [0.15, 0.2) is 23.3 Å². The number of hydrogen-bond donors (Lipinski definition) is 1. The molecular formula is C17H24O3. The summed E-state index contributed by atoms with van der Waals surface area (Å²) in [6, 6.07) is 0. The summed E-state index contributed by atoms with van der Waals surface area (Å²) in [6.07, 6.45) is 13.6. The molecule has 1 aliphatic heterocycles. The van der Waals surface area contributed by atoms with Gasteiger partial charge in [0, 0.05) is 6.61 Å². The van der Waals surface area contributed by atoms with Gasteiger partial charge in [-0.2, -0.15) is 0 Å². The molecule has 0 aromatic heterocycles. The largest absolute Gasteiger partial charge is 0.458 e. The average molecular weight is 276 g/mol. The summed E-state index contributed by atoms with van der Waals surface area (Å²) in [7, 11) is 0. The minimum Gasteiger partial charge on any atom is -0.458 e. The van der Waals surface area contributed by atoms with Crippen LogP contribution < -0.4 is 0 Å². The minimum absolute atomic E-state index is 0.166. The summed E-state index contributed by atoms with van der Waals surface area (Å²) >= 11 is 0. The second-order valence-electron chi connectivity index (χ2n) is 6.69. The maximum atomic E-state index is 11.5. The molecule has 3 heteroatoms. The number of aliphatic hydroxyl groups excluding tert-OH is 1. The first-order valence-corrected chi connectivity index (χ1v) is 7.88. The first-order chi connectivity index (χ1) is 9.71. The summed E-state index contributed by atoms with van der Waals surface area (Å²) in [5.74, 6) is 0.372. The van der Waals surface area contributed by atoms with Crippen molar-refractivity contribution in [3.63, 3.8) is 0 Å². The molecule has 0 amide bonds. The normalized spacial score (nSPS) is 34.0. The molecule has 20 heavy (non-hydrogen) atoms. The molecule has 0 radical (unpaired) electrons. The Morgan fingerprint density at radius 3 is 2.50 bits per heavy atom. The smallest absolute Gasteiger partial charge is 0.338 e. The Balaban J connectivity index is 1.57. The van der Waals surface area contributed by atoms with E-state index in [1.165, 1.54) is 44.1 Å². The molecule has 1 N–H and O–H groups in total. The maximum absolute atomic E-state index is 11.5. The monoisotopic (exact) mass is 276 g/mol. The van der Waals surface area contributed by atoms with Crippen molar-refractivity contribution >= 4 is 5.97 Å². The Hall–Kier alpha value is -1.09. The molecule has 0 saturated heterocycles. The van der Waals surface area contributed by atoms with Gasteiger partial charge in [-0.05, 0) is 74.9 Å². The van der Waals surface area contributed by atoms with Crippen LogP contribution in [-0.4, -0.2) is 24.3 Å². The minimum atomic E-state index is -0.166. The van der Waals surface area contributed by atoms with Crippen molar-refractivity contribution in [3.05, 3.63) is 23.3 Å². The third-order valence-corrected chi connectivity index (χ3v) is 5.49. The third-order valence-electron chi connectivity index (χ3n) is 5.49. The number of allylic oxidation sites excluding steroid dienone is 1. The van der Waals surface area contributed by atoms with Crippen LogP contribution >= 0.6 is 0 Å². The SMILES string of the molecule is O=C1OCC=C1C=C1CCC2(CC1)CCC(CO)CC2. The summed E-state index contributed by atoms with van der Waals surface area (Å²) < 4.78 is 4.94. The topological polar surface area (TPSA) is 46.5 Å². The lowest BCUT2D eigenvalue weighted by atomic mass is 9.62. The van der Waals surface area contributed by atoms with Gasteiger partial charge < -0.3 is 9.84 Å². The Bertz CT molecular complexity index is 427. The van der Waals surface area contributed by atoms with Crippen LogP contribution in [0, 0.1) is 11.3 Å². The second kappa shape index (κ2) is 5.72. The molecule has 0 unspecified atom stereocenters. The van der Waals surface area contributed by atoms with Gasteiger partial charge in [0.05, 0.1) is 5.57 Å². The van der Waals surface area contributed by atoms with E-state index in [0.717, 1.165) is 18.4 Å². The van der Waals surface area contributed by atoms with E-state index in [1.54, 1.807) is 0 Å². The molecule has 1 heterocycles. The van der Waals surface area contributed by atoms with Crippen LogP contribution in [0.3, 0.4) is 0 Å². The van der Waals surface area contributed by atoms with Crippen LogP contribution in [0.1, 0.15) is 51.4 Å². The van der Waals surface area contributed by atoms with E-state index in [9.17, 15) is 9.90 Å². The molecule has 2 fully saturated rings. The van der Waals surface area contributed by atoms with Crippen LogP contribution in [0.25, 0.3) is 0 Å². The first kappa shape index (κ1) is 13.9. The Morgan fingerprint density at radius 2 is 1.95 bits per heavy atom. The highest BCUT2D eigenvalue weighted by atomic mass is 16.5. The number of aliphatic hydroxyl groups is 1. The van der Waals surface area contributed by atoms with Crippen LogP contribution in [0.2, 0.25) is 0 Å². The molecule has 0 aromatic rings. The number of hydrogen-bond acceptors (Lipinski definition) is 3. The van der Waals surface area contributed by atoms with Crippen molar-refractivity contribution in [1.29, 1.82) is 0 Å². The van der Waals surface area contributed by atoms with Gasteiger partial charge in [-0.3, -0.25) is 0 Å². The second-order valence-corrected chi connectivity index (χ2v) is 6.69. The lowest BCUT2D eigenvalue weighted by Gasteiger charge is -2.43. The van der Waals surface area contributed by atoms with Crippen LogP contribution in [-0.2, 0) is 9.53 Å². The zero-order valence-corrected chi connectivity index (χ0v) is 12.1. The highest BCUT2D eigenvalue weighted by Gasteiger charge is 2.37. The predicted molar refractivity (Wildman–Crippen MR) is 77.1 cm³/mol. The molecule has 110 valence electrons. The van der Waals surface area contributed by atoms with Gasteiger partial charge in [-0.15, -0.1) is 0 Å². The van der Waals surface area contributed by atoms with E-state index < -0.39 is 0 Å². The molecule has 1 spiro atoms. The van der Waals surface area contributed by atoms with Crippen molar-refractivity contribution in [2.24, 2.45) is 11.3 Å². The van der Waals surface area contributed by atoms with E-state index in [0.29, 0.717) is 24.5 Å². The Morgan fingerprint density at radius 1 is 1.25 bits per heavy atom. The summed E-state index contributed by atoms with van der Waals surface area (Å²) in [6.45, 7) is 0.794. The molecule has 0 aromatic carbocycles. The predicted octanol–water partition coefficient (Wildman–Crippen LogP) is 3.14. The van der Waals surface area contributed by atoms with Gasteiger partial charge in [0.2, 0.25) is 0 Å². The van der Waals surface area contributed by atoms with Crippen molar-refractivity contribution in [3.8, 4) is 0 Å². The van der Waals surface area contributed by atoms with Gasteiger partial charge >= 0.3 is 5.97 Å². The average Bonchev–Trinajstić information content (AvgIpc) is 2.88. The Labute approximate surface area is 120 Å². The zero-order valence-electron chi connectivity index (χ0n) is 12.1. The molecule has 3 nitrogen and oxygen atoms in total. The quantitative estimate of drug-likeness (QED) is 0.788. The molecule has 0 bridgehead atoms. The molecular weight excluding hydrogens is 252 g/mol. The summed E-state index contributed by atoms with van der Waals surface area (Å²) in [5.41, 5.74) is 2.68. The van der Waals surface area contributed by atoms with Gasteiger partial charge in [0.15, 0.2) is 0 Å². The van der Waals surface area contributed by atoms with Crippen LogP contribution in [0.4, 0.5) is 0 Å². The van der Waals surface area contributed by atoms with Gasteiger partial charge in [-0.25, -0.2) is 4.79 Å². The molecule has 2 saturated carbocycles. The molecule has 3 aliphatic rings. The standard InChI is InChI=1S/C17H24O3/c18-12-14-3-8-17(9-4-14)6-1-13(2-7-17)11-15-5-10-20-16(15)19/h5,11,14,18H,1-4,6-10,12H2. The number of cyclic esters (lactones) is 1. The fourth-order valence-electron chi connectivity index (χ4n) is 3.93. The highest BCUT2D eigenvalue weighted by molar-refractivity contribution is 5.93. The molecule has 2 aliphatic carbocycles. The van der Waals surface area contributed by atoms with E-state index in [1.807, 2.05) is 6.08 Å². The lowest BCUT2D eigenvalue weighted by molar-refractivity contribution is -0.135. The third kappa shape index (κ3) is 2.83. The summed E-state index contributed by atoms with van der Waals surface area (Å²) in [4.78, 5) is 11.5. The number of carbonyl (C=O) groups excluding carboxylic acids is 1. The van der Waals surface area contributed by atoms with Gasteiger partial charge in [0.25, 0.3) is 0 Å². The van der Waals surface area contributed by atoms with Crippen molar-refractivity contribution < 1.29 is 14.6 Å². The fraction of sp³-hybridized carbons (Fsp3) is 0.706. The van der Waals surface area contributed by atoms with Gasteiger partial charge in [0.1, 0.15) is 6.61 Å². The first-order valence-electron chi connectivity index (χ1n) is 7.88. The van der Waals surface area contributed by atoms with Crippen LogP contribution in [0.5, 0.6) is 0 Å². The lowest BCUT2D eigenvalue weighted by Crippen LogP contribution is -2.31. The van der Waals surface area contributed by atoms with Gasteiger partial charge in [-0.1, -0.05) is 5.57 Å².